The van der Waals surface area contributed by atoms with Gasteiger partial charge in [-0.15, -0.1) is 6.58 Å². The van der Waals surface area contributed by atoms with Gasteiger partial charge in [-0.2, -0.15) is 0 Å². The van der Waals surface area contributed by atoms with Crippen molar-refractivity contribution in [2.45, 2.75) is 12.8 Å². The van der Waals surface area contributed by atoms with Crippen LogP contribution in [0.3, 0.4) is 0 Å². The second-order valence-electron chi connectivity index (χ2n) is 3.83. The first kappa shape index (κ1) is 12.2. The molecule has 1 saturated heterocycles. The highest BCUT2D eigenvalue weighted by Crippen LogP contribution is 2.33. The lowest BCUT2D eigenvalue weighted by Gasteiger charge is -2.35. The van der Waals surface area contributed by atoms with Gasteiger partial charge >= 0.3 is 5.97 Å². The molecule has 1 rings (SSSR count). The molecule has 5 nitrogen and oxygen atoms in total. The van der Waals surface area contributed by atoms with Gasteiger partial charge in [-0.05, 0) is 12.8 Å². The molecular formula is C9H15NO4S. The zero-order chi connectivity index (χ0) is 11.7. The minimum Gasteiger partial charge on any atom is -0.481 e. The summed E-state index contributed by atoms with van der Waals surface area (Å²) in [5, 5.41) is 9.04. The maximum Gasteiger partial charge on any atom is 0.313 e. The number of sulfonamides is 1. The molecule has 1 heterocycles. The predicted octanol–water partition coefficient (Wildman–Crippen LogP) is 0.299. The van der Waals surface area contributed by atoms with Crippen molar-refractivity contribution in [1.29, 1.82) is 0 Å². The minimum atomic E-state index is -3.20. The molecule has 1 fully saturated rings. The highest BCUT2D eigenvalue weighted by atomic mass is 32.2. The van der Waals surface area contributed by atoms with E-state index in [9.17, 15) is 13.2 Å². The fourth-order valence-corrected chi connectivity index (χ4v) is 2.57. The van der Waals surface area contributed by atoms with Crippen LogP contribution in [0.25, 0.3) is 0 Å². The van der Waals surface area contributed by atoms with Crippen LogP contribution in [-0.2, 0) is 14.8 Å². The molecule has 86 valence electrons. The van der Waals surface area contributed by atoms with Crippen molar-refractivity contribution in [3.8, 4) is 0 Å². The van der Waals surface area contributed by atoms with E-state index in [2.05, 4.69) is 6.58 Å². The van der Waals surface area contributed by atoms with E-state index in [1.165, 1.54) is 10.4 Å². The summed E-state index contributed by atoms with van der Waals surface area (Å²) in [6.45, 7) is 4.01. The number of piperidine rings is 1. The summed E-state index contributed by atoms with van der Waals surface area (Å²) in [5.74, 6) is -0.925. The van der Waals surface area contributed by atoms with Crippen molar-refractivity contribution in [1.82, 2.24) is 4.31 Å². The van der Waals surface area contributed by atoms with Crippen molar-refractivity contribution in [3.05, 3.63) is 12.7 Å². The van der Waals surface area contributed by atoms with Crippen molar-refractivity contribution < 1.29 is 18.3 Å². The molecule has 0 aromatic rings. The fourth-order valence-electron chi connectivity index (χ4n) is 1.72. The van der Waals surface area contributed by atoms with Crippen LogP contribution in [0.15, 0.2) is 12.7 Å². The third kappa shape index (κ3) is 2.38. The molecule has 1 aliphatic heterocycles. The van der Waals surface area contributed by atoms with Gasteiger partial charge in [0.1, 0.15) is 0 Å². The third-order valence-electron chi connectivity index (χ3n) is 2.90. The smallest absolute Gasteiger partial charge is 0.313 e. The zero-order valence-corrected chi connectivity index (χ0v) is 9.46. The van der Waals surface area contributed by atoms with E-state index in [1.54, 1.807) is 0 Å². The number of hydrogen-bond acceptors (Lipinski definition) is 3. The van der Waals surface area contributed by atoms with E-state index in [-0.39, 0.29) is 13.1 Å². The quantitative estimate of drug-likeness (QED) is 0.711. The van der Waals surface area contributed by atoms with Gasteiger partial charge in [0.15, 0.2) is 0 Å². The van der Waals surface area contributed by atoms with Gasteiger partial charge in [-0.3, -0.25) is 4.79 Å². The topological polar surface area (TPSA) is 74.7 Å². The standard InChI is InChI=1S/C9H15NO4S/c1-3-9(8(11)12)4-6-10(7-5-9)15(2,13)14/h3H,1,4-7H2,2H3,(H,11,12). The summed E-state index contributed by atoms with van der Waals surface area (Å²) < 4.78 is 23.7. The molecule has 1 N–H and O–H groups in total. The number of carbonyl (C=O) groups is 1. The van der Waals surface area contributed by atoms with Crippen LogP contribution in [0.2, 0.25) is 0 Å². The van der Waals surface area contributed by atoms with Gasteiger partial charge in [-0.25, -0.2) is 12.7 Å². The van der Waals surface area contributed by atoms with E-state index in [0.717, 1.165) is 6.26 Å². The van der Waals surface area contributed by atoms with Gasteiger partial charge in [0.05, 0.1) is 11.7 Å². The van der Waals surface area contributed by atoms with E-state index in [4.69, 9.17) is 5.11 Å². The molecule has 0 bridgehead atoms. The summed E-state index contributed by atoms with van der Waals surface area (Å²) in [6, 6.07) is 0. The molecule has 0 atom stereocenters. The largest absolute Gasteiger partial charge is 0.481 e. The van der Waals surface area contributed by atoms with Crippen LogP contribution in [0.1, 0.15) is 12.8 Å². The average Bonchev–Trinajstić information content (AvgIpc) is 2.16. The summed E-state index contributed by atoms with van der Waals surface area (Å²) in [6.07, 6.45) is 3.13. The van der Waals surface area contributed by atoms with Crippen molar-refractivity contribution in [2.75, 3.05) is 19.3 Å². The molecule has 0 amide bonds. The lowest BCUT2D eigenvalue weighted by Crippen LogP contribution is -2.45. The van der Waals surface area contributed by atoms with Gasteiger partial charge < -0.3 is 5.11 Å². The Balaban J connectivity index is 2.78. The summed E-state index contributed by atoms with van der Waals surface area (Å²) in [4.78, 5) is 11.0. The van der Waals surface area contributed by atoms with Crippen LogP contribution < -0.4 is 0 Å². The van der Waals surface area contributed by atoms with Crippen LogP contribution in [-0.4, -0.2) is 43.1 Å². The van der Waals surface area contributed by atoms with Gasteiger partial charge in [0, 0.05) is 13.1 Å². The summed E-state index contributed by atoms with van der Waals surface area (Å²) in [7, 11) is -3.20. The molecule has 15 heavy (non-hydrogen) atoms. The van der Waals surface area contributed by atoms with Crippen molar-refractivity contribution >= 4 is 16.0 Å². The second-order valence-corrected chi connectivity index (χ2v) is 5.81. The Morgan fingerprint density at radius 3 is 2.20 bits per heavy atom. The Hall–Kier alpha value is -0.880. The second kappa shape index (κ2) is 3.94. The molecule has 0 saturated carbocycles. The number of hydrogen-bond donors (Lipinski definition) is 1. The van der Waals surface area contributed by atoms with Gasteiger partial charge in [0.2, 0.25) is 10.0 Å². The maximum atomic E-state index is 11.2. The van der Waals surface area contributed by atoms with Crippen LogP contribution in [0.5, 0.6) is 0 Å². The van der Waals surface area contributed by atoms with Crippen molar-refractivity contribution in [3.63, 3.8) is 0 Å². The van der Waals surface area contributed by atoms with E-state index >= 15 is 0 Å². The van der Waals surface area contributed by atoms with Crippen molar-refractivity contribution in [2.24, 2.45) is 5.41 Å². The van der Waals surface area contributed by atoms with E-state index < -0.39 is 21.4 Å². The molecule has 0 radical (unpaired) electrons. The van der Waals surface area contributed by atoms with Crippen LogP contribution in [0, 0.1) is 5.41 Å². The molecule has 0 aliphatic carbocycles. The summed E-state index contributed by atoms with van der Waals surface area (Å²) >= 11 is 0. The first-order chi connectivity index (χ1) is 6.82. The lowest BCUT2D eigenvalue weighted by molar-refractivity contribution is -0.147. The SMILES string of the molecule is C=CC1(C(=O)O)CCN(S(C)(=O)=O)CC1. The highest BCUT2D eigenvalue weighted by molar-refractivity contribution is 7.88. The molecule has 0 aromatic carbocycles. The molecule has 0 unspecified atom stereocenters. The Bertz CT molecular complexity index is 366. The normalized spacial score (nSPS) is 22.2. The third-order valence-corrected chi connectivity index (χ3v) is 4.20. The number of nitrogens with zero attached hydrogens (tertiary/aromatic N) is 1. The molecule has 1 aliphatic rings. The lowest BCUT2D eigenvalue weighted by atomic mass is 9.79. The Labute approximate surface area is 89.4 Å². The van der Waals surface area contributed by atoms with E-state index in [0.29, 0.717) is 12.8 Å². The van der Waals surface area contributed by atoms with E-state index in [1.807, 2.05) is 0 Å². The first-order valence-electron chi connectivity index (χ1n) is 4.64. The minimum absolute atomic E-state index is 0.247. The molecule has 0 aromatic heterocycles. The van der Waals surface area contributed by atoms with Crippen LogP contribution >= 0.6 is 0 Å². The number of rotatable bonds is 3. The number of aliphatic carboxylic acids is 1. The molecule has 6 heteroatoms. The number of carboxylic acids is 1. The zero-order valence-electron chi connectivity index (χ0n) is 8.64. The summed E-state index contributed by atoms with van der Waals surface area (Å²) in [5.41, 5.74) is -0.957. The molecule has 0 spiro atoms. The van der Waals surface area contributed by atoms with Gasteiger partial charge in [0.25, 0.3) is 0 Å². The monoisotopic (exact) mass is 233 g/mol. The first-order valence-corrected chi connectivity index (χ1v) is 6.49. The predicted molar refractivity (Wildman–Crippen MR) is 55.9 cm³/mol. The van der Waals surface area contributed by atoms with Crippen LogP contribution in [0.4, 0.5) is 0 Å². The highest BCUT2D eigenvalue weighted by Gasteiger charge is 2.40. The Morgan fingerprint density at radius 2 is 1.93 bits per heavy atom. The Morgan fingerprint density at radius 1 is 1.47 bits per heavy atom. The average molecular weight is 233 g/mol. The molecular weight excluding hydrogens is 218 g/mol. The van der Waals surface area contributed by atoms with Gasteiger partial charge in [-0.1, -0.05) is 6.08 Å². The fraction of sp³-hybridized carbons (Fsp3) is 0.667. The maximum absolute atomic E-state index is 11.2. The number of carboxylic acid groups (broad SMARTS) is 1. The Kier molecular flexibility index (Phi) is 3.20.